The third kappa shape index (κ3) is 19.1. The molecule has 8 rings (SSSR count). The molecule has 4 fully saturated rings. The van der Waals surface area contributed by atoms with Crippen LogP contribution in [0.3, 0.4) is 0 Å². The molecule has 15 nitrogen and oxygen atoms in total. The van der Waals surface area contributed by atoms with Crippen LogP contribution in [0.2, 0.25) is 0 Å². The van der Waals surface area contributed by atoms with Crippen LogP contribution >= 0.6 is 11.6 Å². The number of amides is 3. The van der Waals surface area contributed by atoms with E-state index in [1.165, 1.54) is 63.2 Å². The number of methoxy groups -OCH3 is 1. The summed E-state index contributed by atoms with van der Waals surface area (Å²) in [7, 11) is 3.35. The normalized spacial score (nSPS) is 19.7. The first-order chi connectivity index (χ1) is 40.3. The topological polar surface area (TPSA) is 172 Å². The molecule has 18 heteroatoms. The van der Waals surface area contributed by atoms with E-state index in [1.54, 1.807) is 18.7 Å². The monoisotopic (exact) mass is 1190 g/mol. The lowest BCUT2D eigenvalue weighted by atomic mass is 9.87. The molecular weight excluding hydrogens is 1090 g/mol. The Labute approximate surface area is 504 Å². The Balaban J connectivity index is 0.000000262. The van der Waals surface area contributed by atoms with Crippen molar-refractivity contribution in [3.8, 4) is 17.0 Å². The number of hydrogen-bond acceptors (Lipinski definition) is 12. The van der Waals surface area contributed by atoms with Crippen molar-refractivity contribution in [1.82, 2.24) is 30.3 Å². The predicted octanol–water partition coefficient (Wildman–Crippen LogP) is 10.8. The first-order valence-electron chi connectivity index (χ1n) is 30.7. The first kappa shape index (κ1) is 69.1. The highest BCUT2D eigenvalue weighted by Gasteiger charge is 2.36. The molecule has 0 radical (unpaired) electrons. The van der Waals surface area contributed by atoms with Crippen LogP contribution in [0, 0.1) is 24.6 Å². The van der Waals surface area contributed by atoms with E-state index < -0.39 is 11.6 Å². The van der Waals surface area contributed by atoms with Gasteiger partial charge in [-0.3, -0.25) is 24.3 Å². The third-order valence-electron chi connectivity index (χ3n) is 16.8. The number of aromatic hydroxyl groups is 1. The lowest BCUT2D eigenvalue weighted by Crippen LogP contribution is -2.38. The van der Waals surface area contributed by atoms with Crippen molar-refractivity contribution in [2.45, 2.75) is 170 Å². The number of fused-ring (bicyclic) bond motifs is 2. The second kappa shape index (κ2) is 34.4. The van der Waals surface area contributed by atoms with Crippen molar-refractivity contribution < 1.29 is 42.9 Å². The number of carbonyl (C=O) groups is 3. The molecule has 0 spiro atoms. The number of anilines is 1. The lowest BCUT2D eigenvalue weighted by molar-refractivity contribution is -0.125. The molecule has 4 atom stereocenters. The largest absolute Gasteiger partial charge is 0.508 e. The third-order valence-corrected chi connectivity index (χ3v) is 17.2. The van der Waals surface area contributed by atoms with Gasteiger partial charge in [0.1, 0.15) is 29.8 Å². The Bertz CT molecular complexity index is 2880. The molecule has 4 N–H and O–H groups in total. The van der Waals surface area contributed by atoms with Gasteiger partial charge in [-0.05, 0) is 150 Å². The van der Waals surface area contributed by atoms with Crippen molar-refractivity contribution in [3.63, 3.8) is 0 Å². The molecule has 0 saturated carbocycles. The molecule has 4 aliphatic heterocycles. The number of nitrogens with zero attached hydrogens (tertiary/aromatic N) is 6. The smallest absolute Gasteiger partial charge is 0.226 e. The molecule has 4 saturated heterocycles. The number of pyridine rings is 1. The van der Waals surface area contributed by atoms with Gasteiger partial charge in [0.05, 0.1) is 18.7 Å². The molecule has 1 aliphatic carbocycles. The molecule has 3 aromatic rings. The number of aliphatic imine (C=N–C) groups is 1. The van der Waals surface area contributed by atoms with Crippen LogP contribution in [0.15, 0.2) is 59.6 Å². The van der Waals surface area contributed by atoms with Gasteiger partial charge in [0.15, 0.2) is 11.7 Å². The summed E-state index contributed by atoms with van der Waals surface area (Å²) < 4.78 is 41.4. The average molecular weight is 1190 g/mol. The van der Waals surface area contributed by atoms with Crippen LogP contribution in [-0.2, 0) is 30.3 Å². The molecular formula is C66H97ClF2N8O7. The van der Waals surface area contributed by atoms with Gasteiger partial charge in [0.25, 0.3) is 0 Å². The summed E-state index contributed by atoms with van der Waals surface area (Å²) in [6.07, 6.45) is 15.6. The zero-order valence-electron chi connectivity index (χ0n) is 52.0. The number of piperidine rings is 2. The number of halogens is 3. The van der Waals surface area contributed by atoms with Crippen LogP contribution < -0.4 is 26.0 Å². The standard InChI is InChI=1S/C32H52N4O3.C25H28ClF2N3O3.C7H11NO.C2H6/c1-5-32(38)34(4)31-21-28(9-8-24(31)2)27-13-18-35(19-14-27)22-26(12-16-33-25(3)37)15-20-39-23-30-11-10-29-7-6-17-36(29)30;1-5-6-9-31(13-32)25(30-15(3)34-4)19-12-29-24(23(28)14(19)2)18-11-17(33)10-16-7-8-20(27)22(26)21(16)18;1-5-3-4-6(2)8-7(5)9;1-2/h8-9,21,26-27,29-30H,5-7,10-20,22-23H2,1-4H3,(H,33,37);10-12,32-33H,2,5-9,13H2,1,3-4H3;5H,2-4H2,1H3,(H,8,9);1-2H3/b;25-19+,30-15+;;. The second-order valence-corrected chi connectivity index (χ2v) is 23.1. The maximum Gasteiger partial charge on any atom is 0.226 e. The number of hydrogen-bond donors (Lipinski definition) is 4. The number of phenols is 1. The number of benzene rings is 2. The van der Waals surface area contributed by atoms with E-state index in [1.807, 2.05) is 46.6 Å². The maximum atomic E-state index is 15.7. The zero-order valence-corrected chi connectivity index (χ0v) is 52.7. The van der Waals surface area contributed by atoms with Gasteiger partial charge in [-0.2, -0.15) is 4.99 Å². The Morgan fingerprint density at radius 2 is 1.75 bits per heavy atom. The highest BCUT2D eigenvalue weighted by Crippen LogP contribution is 2.43. The Kier molecular flexibility index (Phi) is 28.3. The van der Waals surface area contributed by atoms with Gasteiger partial charge in [-0.15, -0.1) is 0 Å². The number of phenolic OH excluding ortho intramolecular Hbond substituents is 1. The van der Waals surface area contributed by atoms with Gasteiger partial charge < -0.3 is 45.0 Å². The number of carbonyl (C=O) groups excluding carboxylic acids is 3. The van der Waals surface area contributed by atoms with Gasteiger partial charge >= 0.3 is 0 Å². The fraction of sp³-hybridized carbons (Fsp3) is 0.591. The summed E-state index contributed by atoms with van der Waals surface area (Å²) in [5.41, 5.74) is 5.37. The van der Waals surface area contributed by atoms with Gasteiger partial charge in [0, 0.05) is 117 Å². The van der Waals surface area contributed by atoms with Crippen molar-refractivity contribution in [1.29, 1.82) is 0 Å². The molecule has 5 aliphatic rings. The van der Waals surface area contributed by atoms with E-state index in [2.05, 4.69) is 68.7 Å². The minimum absolute atomic E-state index is 0.0175. The van der Waals surface area contributed by atoms with Crippen LogP contribution in [0.4, 0.5) is 14.5 Å². The van der Waals surface area contributed by atoms with Gasteiger partial charge in [-0.25, -0.2) is 8.78 Å². The fourth-order valence-corrected chi connectivity index (χ4v) is 12.1. The quantitative estimate of drug-likeness (QED) is 0.0367. The molecule has 84 heavy (non-hydrogen) atoms. The Hall–Kier alpha value is -5.72. The van der Waals surface area contributed by atoms with E-state index in [0.29, 0.717) is 54.3 Å². The molecule has 5 heterocycles. The average Bonchev–Trinajstić information content (AvgIpc) is 1.96. The van der Waals surface area contributed by atoms with Crippen LogP contribution in [0.25, 0.3) is 28.7 Å². The van der Waals surface area contributed by atoms with Gasteiger partial charge in [0.2, 0.25) is 17.7 Å². The SMILES string of the molecule is C=C1CCC(C)C(=O)N1.C=c1c(F)c(-c2cc(O)cc3c2C(Cl)=C(F)CC3)nc/c1=C(/N=C(\C)OC)N(CO)CCCC.CC.CCC(=O)N(C)c1cc(C2CCN(CC(CCNC(C)=O)CCOCC3CCC4CCCN43)CC2)ccc1C. The Morgan fingerprint density at radius 1 is 1.01 bits per heavy atom. The van der Waals surface area contributed by atoms with E-state index in [-0.39, 0.29) is 75.1 Å². The van der Waals surface area contributed by atoms with Crippen molar-refractivity contribution in [2.24, 2.45) is 16.8 Å². The van der Waals surface area contributed by atoms with Crippen molar-refractivity contribution >= 4 is 58.3 Å². The number of aliphatic hydroxyl groups is 1. The summed E-state index contributed by atoms with van der Waals surface area (Å²) >= 11 is 6.25. The molecule has 464 valence electrons. The van der Waals surface area contributed by atoms with Crippen LogP contribution in [0.1, 0.15) is 167 Å². The van der Waals surface area contributed by atoms with E-state index in [9.17, 15) is 29.0 Å². The molecule has 4 unspecified atom stereocenters. The number of rotatable bonds is 20. The summed E-state index contributed by atoms with van der Waals surface area (Å²) in [5, 5.41) is 26.0. The van der Waals surface area contributed by atoms with Crippen molar-refractivity contribution in [2.75, 3.05) is 78.3 Å². The number of aryl methyl sites for hydroxylation is 2. The number of nitrogens with one attached hydrogen (secondary N) is 2. The lowest BCUT2D eigenvalue weighted by Gasteiger charge is -2.35. The number of unbranched alkanes of at least 4 members (excludes halogenated alkanes) is 1. The number of allylic oxidation sites excluding steroid dienone is 2. The minimum atomic E-state index is -0.767. The predicted molar refractivity (Wildman–Crippen MR) is 336 cm³/mol. The first-order valence-corrected chi connectivity index (χ1v) is 31.1. The van der Waals surface area contributed by atoms with E-state index in [0.717, 1.165) is 114 Å². The Morgan fingerprint density at radius 3 is 2.40 bits per heavy atom. The number of likely N-dealkylation sites (tertiary alicyclic amines) is 1. The van der Waals surface area contributed by atoms with Crippen LogP contribution in [-0.4, -0.2) is 139 Å². The highest BCUT2D eigenvalue weighted by molar-refractivity contribution is 6.50. The second-order valence-electron chi connectivity index (χ2n) is 22.7. The van der Waals surface area contributed by atoms with Crippen molar-refractivity contribution in [3.05, 3.63) is 93.1 Å². The summed E-state index contributed by atoms with van der Waals surface area (Å²) in [6, 6.07) is 10.9. The summed E-state index contributed by atoms with van der Waals surface area (Å²) in [4.78, 5) is 52.0. The summed E-state index contributed by atoms with van der Waals surface area (Å²) in [5.74, 6) is 0.766. The van der Waals surface area contributed by atoms with Gasteiger partial charge in [-0.1, -0.05) is 77.9 Å². The zero-order chi connectivity index (χ0) is 61.6. The molecule has 0 bridgehead atoms. The number of aromatic nitrogens is 1. The molecule has 3 amide bonds. The minimum Gasteiger partial charge on any atom is -0.508 e. The number of ether oxygens (including phenoxy) is 2. The molecule has 2 aromatic carbocycles. The highest BCUT2D eigenvalue weighted by atomic mass is 35.5. The molecule has 1 aromatic heterocycles. The van der Waals surface area contributed by atoms with E-state index in [4.69, 9.17) is 21.1 Å². The van der Waals surface area contributed by atoms with E-state index >= 15 is 4.39 Å². The number of aliphatic hydroxyl groups excluding tert-OH is 1. The van der Waals surface area contributed by atoms with Crippen LogP contribution in [0.5, 0.6) is 5.75 Å². The fourth-order valence-electron chi connectivity index (χ4n) is 11.7. The maximum absolute atomic E-state index is 15.7. The summed E-state index contributed by atoms with van der Waals surface area (Å²) in [6.45, 7) is 29.8.